The second-order valence-corrected chi connectivity index (χ2v) is 3.30. The van der Waals surface area contributed by atoms with E-state index in [-0.39, 0.29) is 11.8 Å². The Balaban J connectivity index is 3.59. The van der Waals surface area contributed by atoms with Gasteiger partial charge in [-0.25, -0.2) is 5.43 Å². The fraction of sp³-hybridized carbons (Fsp3) is 0.889. The van der Waals surface area contributed by atoms with Crippen LogP contribution in [-0.4, -0.2) is 11.9 Å². The molecule has 3 heteroatoms. The van der Waals surface area contributed by atoms with Crippen LogP contribution in [0.15, 0.2) is 0 Å². The van der Waals surface area contributed by atoms with Crippen molar-refractivity contribution >= 4 is 5.91 Å². The van der Waals surface area contributed by atoms with E-state index < -0.39 is 0 Å². The topological polar surface area (TPSA) is 41.1 Å². The summed E-state index contributed by atoms with van der Waals surface area (Å²) in [7, 11) is 0. The highest BCUT2D eigenvalue weighted by Crippen LogP contribution is 1.95. The fourth-order valence-electron chi connectivity index (χ4n) is 0.810. The molecule has 0 bridgehead atoms. The Morgan fingerprint density at radius 1 is 1.25 bits per heavy atom. The van der Waals surface area contributed by atoms with Crippen molar-refractivity contribution in [2.45, 2.75) is 46.6 Å². The fourth-order valence-corrected chi connectivity index (χ4v) is 0.810. The van der Waals surface area contributed by atoms with E-state index in [1.165, 1.54) is 0 Å². The van der Waals surface area contributed by atoms with E-state index in [1.54, 1.807) is 0 Å². The molecule has 12 heavy (non-hydrogen) atoms. The van der Waals surface area contributed by atoms with Gasteiger partial charge < -0.3 is 0 Å². The molecule has 0 aliphatic heterocycles. The second kappa shape index (κ2) is 6.00. The van der Waals surface area contributed by atoms with E-state index >= 15 is 0 Å². The van der Waals surface area contributed by atoms with Crippen LogP contribution in [-0.2, 0) is 4.79 Å². The van der Waals surface area contributed by atoms with Gasteiger partial charge in [0.15, 0.2) is 0 Å². The largest absolute Gasteiger partial charge is 0.291 e. The predicted octanol–water partition coefficient (Wildman–Crippen LogP) is 1.45. The molecular weight excluding hydrogens is 152 g/mol. The zero-order valence-corrected chi connectivity index (χ0v) is 8.48. The summed E-state index contributed by atoms with van der Waals surface area (Å²) in [5, 5.41) is 0. The van der Waals surface area contributed by atoms with Crippen LogP contribution in [0.4, 0.5) is 0 Å². The number of nitrogens with one attached hydrogen (secondary N) is 2. The molecular formula is C9H20N2O. The average Bonchev–Trinajstić information content (AvgIpc) is 2.05. The molecule has 0 atom stereocenters. The first kappa shape index (κ1) is 11.4. The zero-order valence-electron chi connectivity index (χ0n) is 8.48. The Morgan fingerprint density at radius 3 is 2.08 bits per heavy atom. The van der Waals surface area contributed by atoms with Crippen LogP contribution in [0.5, 0.6) is 0 Å². The van der Waals surface area contributed by atoms with Crippen molar-refractivity contribution in [3.05, 3.63) is 0 Å². The normalized spacial score (nSPS) is 10.8. The number of carbonyl (C=O) groups is 1. The molecule has 0 aliphatic carbocycles. The average molecular weight is 172 g/mol. The van der Waals surface area contributed by atoms with Gasteiger partial charge in [-0.3, -0.25) is 10.2 Å². The molecule has 0 saturated heterocycles. The van der Waals surface area contributed by atoms with E-state index in [0.717, 1.165) is 12.8 Å². The first-order chi connectivity index (χ1) is 5.61. The third-order valence-corrected chi connectivity index (χ3v) is 1.91. The second-order valence-electron chi connectivity index (χ2n) is 3.30. The molecule has 72 valence electrons. The van der Waals surface area contributed by atoms with E-state index in [1.807, 2.05) is 13.8 Å². The van der Waals surface area contributed by atoms with E-state index in [9.17, 15) is 4.79 Å². The van der Waals surface area contributed by atoms with Crippen LogP contribution in [0.25, 0.3) is 0 Å². The molecule has 0 aromatic rings. The smallest absolute Gasteiger partial charge is 0.236 e. The van der Waals surface area contributed by atoms with Crippen molar-refractivity contribution in [3.8, 4) is 0 Å². The van der Waals surface area contributed by atoms with Gasteiger partial charge in [-0.1, -0.05) is 27.7 Å². The monoisotopic (exact) mass is 172 g/mol. The van der Waals surface area contributed by atoms with E-state index in [4.69, 9.17) is 0 Å². The lowest BCUT2D eigenvalue weighted by atomic mass is 10.2. The maximum absolute atomic E-state index is 11.1. The summed E-state index contributed by atoms with van der Waals surface area (Å²) in [6, 6.07) is 0.396. The highest BCUT2D eigenvalue weighted by atomic mass is 16.2. The molecule has 0 spiro atoms. The standard InChI is InChI=1S/C9H20N2O/c1-5-8(6-2)10-11-9(12)7(3)4/h7-8,10H,5-6H2,1-4H3,(H,11,12). The summed E-state index contributed by atoms with van der Waals surface area (Å²) >= 11 is 0. The van der Waals surface area contributed by atoms with Crippen molar-refractivity contribution in [2.24, 2.45) is 5.92 Å². The van der Waals surface area contributed by atoms with Crippen molar-refractivity contribution in [1.82, 2.24) is 10.9 Å². The van der Waals surface area contributed by atoms with Gasteiger partial charge in [0.2, 0.25) is 5.91 Å². The molecule has 0 unspecified atom stereocenters. The maximum Gasteiger partial charge on any atom is 0.236 e. The summed E-state index contributed by atoms with van der Waals surface area (Å²) in [6.07, 6.45) is 2.07. The molecule has 0 aliphatic rings. The summed E-state index contributed by atoms with van der Waals surface area (Å²) in [5.74, 6) is 0.105. The highest BCUT2D eigenvalue weighted by Gasteiger charge is 2.07. The van der Waals surface area contributed by atoms with Crippen LogP contribution < -0.4 is 10.9 Å². The summed E-state index contributed by atoms with van der Waals surface area (Å²) in [4.78, 5) is 11.1. The predicted molar refractivity (Wildman–Crippen MR) is 50.5 cm³/mol. The molecule has 3 nitrogen and oxygen atoms in total. The lowest BCUT2D eigenvalue weighted by Crippen LogP contribution is -2.45. The van der Waals surface area contributed by atoms with Gasteiger partial charge in [-0.15, -0.1) is 0 Å². The lowest BCUT2D eigenvalue weighted by Gasteiger charge is -2.16. The summed E-state index contributed by atoms with van der Waals surface area (Å²) in [6.45, 7) is 7.96. The SMILES string of the molecule is CCC(CC)NNC(=O)C(C)C. The Kier molecular flexibility index (Phi) is 5.72. The van der Waals surface area contributed by atoms with Gasteiger partial charge in [0.25, 0.3) is 0 Å². The molecule has 0 aromatic carbocycles. The Morgan fingerprint density at radius 2 is 1.75 bits per heavy atom. The van der Waals surface area contributed by atoms with Crippen LogP contribution in [0.2, 0.25) is 0 Å². The first-order valence-corrected chi connectivity index (χ1v) is 4.67. The van der Waals surface area contributed by atoms with Gasteiger partial charge in [-0.05, 0) is 12.8 Å². The minimum Gasteiger partial charge on any atom is -0.291 e. The molecule has 1 amide bonds. The number of rotatable bonds is 5. The Bertz CT molecular complexity index is 130. The molecule has 2 N–H and O–H groups in total. The van der Waals surface area contributed by atoms with Crippen molar-refractivity contribution < 1.29 is 4.79 Å². The zero-order chi connectivity index (χ0) is 9.56. The van der Waals surface area contributed by atoms with Crippen LogP contribution >= 0.6 is 0 Å². The molecule has 0 saturated carbocycles. The minimum atomic E-state index is 0.0480. The molecule has 0 heterocycles. The summed E-state index contributed by atoms with van der Waals surface area (Å²) < 4.78 is 0. The van der Waals surface area contributed by atoms with Crippen LogP contribution in [0.1, 0.15) is 40.5 Å². The van der Waals surface area contributed by atoms with Gasteiger partial charge in [0, 0.05) is 12.0 Å². The summed E-state index contributed by atoms with van der Waals surface area (Å²) in [5.41, 5.74) is 5.70. The van der Waals surface area contributed by atoms with Crippen LogP contribution in [0, 0.1) is 5.92 Å². The van der Waals surface area contributed by atoms with Gasteiger partial charge in [0.05, 0.1) is 0 Å². The third kappa shape index (κ3) is 4.34. The molecule has 0 radical (unpaired) electrons. The number of hydrazine groups is 1. The highest BCUT2D eigenvalue weighted by molar-refractivity contribution is 5.77. The minimum absolute atomic E-state index is 0.0480. The quantitative estimate of drug-likeness (QED) is 0.616. The van der Waals surface area contributed by atoms with Crippen molar-refractivity contribution in [1.29, 1.82) is 0 Å². The Hall–Kier alpha value is -0.570. The Labute approximate surface area is 74.9 Å². The van der Waals surface area contributed by atoms with Gasteiger partial charge >= 0.3 is 0 Å². The maximum atomic E-state index is 11.1. The third-order valence-electron chi connectivity index (χ3n) is 1.91. The van der Waals surface area contributed by atoms with Crippen molar-refractivity contribution in [2.75, 3.05) is 0 Å². The number of hydrogen-bond donors (Lipinski definition) is 2. The lowest BCUT2D eigenvalue weighted by molar-refractivity contribution is -0.125. The van der Waals surface area contributed by atoms with E-state index in [2.05, 4.69) is 24.7 Å². The first-order valence-electron chi connectivity index (χ1n) is 4.67. The molecule has 0 rings (SSSR count). The van der Waals surface area contributed by atoms with Gasteiger partial charge in [0.1, 0.15) is 0 Å². The van der Waals surface area contributed by atoms with Crippen LogP contribution in [0.3, 0.4) is 0 Å². The van der Waals surface area contributed by atoms with E-state index in [0.29, 0.717) is 6.04 Å². The number of amides is 1. The number of carbonyl (C=O) groups excluding carboxylic acids is 1. The number of hydrogen-bond acceptors (Lipinski definition) is 2. The van der Waals surface area contributed by atoms with Gasteiger partial charge in [-0.2, -0.15) is 0 Å². The van der Waals surface area contributed by atoms with Crippen molar-refractivity contribution in [3.63, 3.8) is 0 Å². The molecule has 0 aromatic heterocycles. The molecule has 0 fully saturated rings.